The topological polar surface area (TPSA) is 0 Å². The number of hydrogen-bond acceptors (Lipinski definition) is 0. The van der Waals surface area contributed by atoms with E-state index in [4.69, 9.17) is 0 Å². The minimum Gasteiger partial charge on any atom is -0.0620 e. The van der Waals surface area contributed by atoms with E-state index in [1.54, 1.807) is 22.3 Å². The lowest BCUT2D eigenvalue weighted by atomic mass is 9.93. The predicted molar refractivity (Wildman–Crippen MR) is 69.5 cm³/mol. The van der Waals surface area contributed by atoms with E-state index >= 15 is 0 Å². The van der Waals surface area contributed by atoms with Crippen LogP contribution in [0.15, 0.2) is 23.8 Å². The fourth-order valence-electron chi connectivity index (χ4n) is 3.20. The number of allylic oxidation sites excluding steroid dienone is 2. The van der Waals surface area contributed by atoms with E-state index in [-0.39, 0.29) is 0 Å². The highest BCUT2D eigenvalue weighted by molar-refractivity contribution is 5.76. The molecule has 2 aliphatic carbocycles. The molecule has 0 unspecified atom stereocenters. The molecule has 0 nitrogen and oxygen atoms in total. The Morgan fingerprint density at radius 2 is 1.75 bits per heavy atom. The molecule has 0 amide bonds. The Morgan fingerprint density at radius 1 is 0.938 bits per heavy atom. The molecule has 0 bridgehead atoms. The summed E-state index contributed by atoms with van der Waals surface area (Å²) in [6.07, 6.45) is 9.59. The molecule has 0 spiro atoms. The van der Waals surface area contributed by atoms with Crippen LogP contribution in [0.5, 0.6) is 0 Å². The van der Waals surface area contributed by atoms with Crippen LogP contribution in [0.2, 0.25) is 0 Å². The summed E-state index contributed by atoms with van der Waals surface area (Å²) in [4.78, 5) is 0. The van der Waals surface area contributed by atoms with E-state index in [1.807, 2.05) is 0 Å². The third-order valence-electron chi connectivity index (χ3n) is 4.08. The van der Waals surface area contributed by atoms with Gasteiger partial charge in [-0.15, -0.1) is 0 Å². The third-order valence-corrected chi connectivity index (χ3v) is 4.08. The molecule has 0 aliphatic heterocycles. The average molecular weight is 212 g/mol. The van der Waals surface area contributed by atoms with Crippen LogP contribution < -0.4 is 0 Å². The van der Waals surface area contributed by atoms with Crippen molar-refractivity contribution in [2.75, 3.05) is 0 Å². The molecule has 2 aliphatic rings. The molecule has 0 heteroatoms. The van der Waals surface area contributed by atoms with Gasteiger partial charge in [-0.1, -0.05) is 42.2 Å². The molecule has 0 saturated carbocycles. The lowest BCUT2D eigenvalue weighted by molar-refractivity contribution is 0.630. The SMILES string of the molecule is Cc1ccc2c(c1)C1=C(CCCCCC1)C2. The molecule has 3 rings (SSSR count). The second-order valence-electron chi connectivity index (χ2n) is 5.33. The van der Waals surface area contributed by atoms with Gasteiger partial charge in [0.25, 0.3) is 0 Å². The summed E-state index contributed by atoms with van der Waals surface area (Å²) in [6.45, 7) is 2.21. The molecular weight excluding hydrogens is 192 g/mol. The molecule has 84 valence electrons. The van der Waals surface area contributed by atoms with E-state index in [1.165, 1.54) is 50.5 Å². The van der Waals surface area contributed by atoms with E-state index in [0.717, 1.165) is 0 Å². The maximum Gasteiger partial charge on any atom is -0.00550 e. The number of aryl methyl sites for hydroxylation is 1. The lowest BCUT2D eigenvalue weighted by Crippen LogP contribution is -1.92. The number of rotatable bonds is 0. The third kappa shape index (κ3) is 1.71. The Balaban J connectivity index is 2.01. The van der Waals surface area contributed by atoms with Crippen LogP contribution in [-0.4, -0.2) is 0 Å². The first-order valence-corrected chi connectivity index (χ1v) is 6.65. The van der Waals surface area contributed by atoms with Crippen LogP contribution in [0.4, 0.5) is 0 Å². The van der Waals surface area contributed by atoms with Crippen molar-refractivity contribution in [1.29, 1.82) is 0 Å². The summed E-state index contributed by atoms with van der Waals surface area (Å²) in [7, 11) is 0. The standard InChI is InChI=1S/C16H20/c1-12-8-9-14-11-13-6-4-2-3-5-7-15(13)16(14)10-12/h8-10H,2-7,11H2,1H3. The first kappa shape index (κ1) is 10.1. The Labute approximate surface area is 98.4 Å². The molecule has 0 atom stereocenters. The van der Waals surface area contributed by atoms with Gasteiger partial charge in [0.1, 0.15) is 0 Å². The predicted octanol–water partition coefficient (Wildman–Crippen LogP) is 4.66. The van der Waals surface area contributed by atoms with Gasteiger partial charge in [-0.2, -0.15) is 0 Å². The normalized spacial score (nSPS) is 20.1. The second-order valence-corrected chi connectivity index (χ2v) is 5.33. The van der Waals surface area contributed by atoms with Crippen molar-refractivity contribution in [3.05, 3.63) is 40.5 Å². The molecule has 0 saturated heterocycles. The van der Waals surface area contributed by atoms with Gasteiger partial charge in [-0.25, -0.2) is 0 Å². The highest BCUT2D eigenvalue weighted by Gasteiger charge is 2.21. The van der Waals surface area contributed by atoms with Gasteiger partial charge in [0.15, 0.2) is 0 Å². The largest absolute Gasteiger partial charge is 0.0620 e. The lowest BCUT2D eigenvalue weighted by Gasteiger charge is -2.12. The van der Waals surface area contributed by atoms with Gasteiger partial charge < -0.3 is 0 Å². The summed E-state index contributed by atoms with van der Waals surface area (Å²) in [5.41, 5.74) is 8.03. The van der Waals surface area contributed by atoms with E-state index in [0.29, 0.717) is 0 Å². The van der Waals surface area contributed by atoms with Crippen molar-refractivity contribution in [1.82, 2.24) is 0 Å². The molecule has 1 aromatic rings. The Kier molecular flexibility index (Phi) is 2.59. The van der Waals surface area contributed by atoms with Crippen molar-refractivity contribution in [3.63, 3.8) is 0 Å². The summed E-state index contributed by atoms with van der Waals surface area (Å²) in [5.74, 6) is 0. The first-order valence-electron chi connectivity index (χ1n) is 6.65. The average Bonchev–Trinajstić information content (AvgIpc) is 2.55. The summed E-state index contributed by atoms with van der Waals surface area (Å²) in [5, 5.41) is 0. The van der Waals surface area contributed by atoms with Crippen LogP contribution in [0, 0.1) is 6.92 Å². The number of hydrogen-bond donors (Lipinski definition) is 0. The number of fused-ring (bicyclic) bond motifs is 2. The van der Waals surface area contributed by atoms with E-state index in [2.05, 4.69) is 25.1 Å². The summed E-state index contributed by atoms with van der Waals surface area (Å²) < 4.78 is 0. The summed E-state index contributed by atoms with van der Waals surface area (Å²) in [6, 6.07) is 7.01. The Hall–Kier alpha value is -1.04. The first-order chi connectivity index (χ1) is 7.84. The molecule has 0 heterocycles. The van der Waals surface area contributed by atoms with Gasteiger partial charge in [0.05, 0.1) is 0 Å². The monoisotopic (exact) mass is 212 g/mol. The summed E-state index contributed by atoms with van der Waals surface area (Å²) >= 11 is 0. The molecule has 1 aromatic carbocycles. The Bertz CT molecular complexity index is 437. The second kappa shape index (κ2) is 4.08. The van der Waals surface area contributed by atoms with Crippen LogP contribution in [-0.2, 0) is 6.42 Å². The van der Waals surface area contributed by atoms with Gasteiger partial charge in [-0.3, -0.25) is 0 Å². The highest BCUT2D eigenvalue weighted by atomic mass is 14.3. The molecular formula is C16H20. The fourth-order valence-corrected chi connectivity index (χ4v) is 3.20. The smallest absolute Gasteiger partial charge is 0.00550 e. The van der Waals surface area contributed by atoms with Crippen molar-refractivity contribution < 1.29 is 0 Å². The van der Waals surface area contributed by atoms with E-state index in [9.17, 15) is 0 Å². The zero-order valence-electron chi connectivity index (χ0n) is 10.2. The molecule has 0 N–H and O–H groups in total. The zero-order chi connectivity index (χ0) is 11.0. The molecule has 0 fully saturated rings. The maximum atomic E-state index is 2.40. The van der Waals surface area contributed by atoms with Crippen molar-refractivity contribution in [2.45, 2.75) is 51.9 Å². The van der Waals surface area contributed by atoms with Crippen molar-refractivity contribution in [3.8, 4) is 0 Å². The van der Waals surface area contributed by atoms with Crippen LogP contribution >= 0.6 is 0 Å². The van der Waals surface area contributed by atoms with E-state index < -0.39 is 0 Å². The minimum absolute atomic E-state index is 1.24. The van der Waals surface area contributed by atoms with Gasteiger partial charge in [-0.05, 0) is 55.7 Å². The molecule has 16 heavy (non-hydrogen) atoms. The quantitative estimate of drug-likeness (QED) is 0.586. The molecule has 0 radical (unpaired) electrons. The van der Waals surface area contributed by atoms with Crippen molar-refractivity contribution >= 4 is 5.57 Å². The maximum absolute atomic E-state index is 2.40. The fraction of sp³-hybridized carbons (Fsp3) is 0.500. The minimum atomic E-state index is 1.24. The van der Waals surface area contributed by atoms with Gasteiger partial charge >= 0.3 is 0 Å². The zero-order valence-corrected chi connectivity index (χ0v) is 10.2. The highest BCUT2D eigenvalue weighted by Crippen LogP contribution is 2.40. The van der Waals surface area contributed by atoms with Gasteiger partial charge in [0.2, 0.25) is 0 Å². The molecule has 0 aromatic heterocycles. The van der Waals surface area contributed by atoms with Crippen molar-refractivity contribution in [2.24, 2.45) is 0 Å². The van der Waals surface area contributed by atoms with Crippen LogP contribution in [0.3, 0.4) is 0 Å². The van der Waals surface area contributed by atoms with Crippen LogP contribution in [0.25, 0.3) is 5.57 Å². The van der Waals surface area contributed by atoms with Crippen LogP contribution in [0.1, 0.15) is 55.2 Å². The Morgan fingerprint density at radius 3 is 2.62 bits per heavy atom. The number of benzene rings is 1. The van der Waals surface area contributed by atoms with Gasteiger partial charge in [0, 0.05) is 0 Å².